The third kappa shape index (κ3) is 6.39. The number of carbonyl (C=O) groups excluding carboxylic acids is 1. The first-order chi connectivity index (χ1) is 11.3. The van der Waals surface area contributed by atoms with Gasteiger partial charge in [0.25, 0.3) is 0 Å². The maximum absolute atomic E-state index is 11.9. The number of nitrogens with one attached hydrogen (secondary N) is 3. The molecule has 2 rings (SSSR count). The minimum absolute atomic E-state index is 0.221. The van der Waals surface area contributed by atoms with Gasteiger partial charge in [-0.25, -0.2) is 17.9 Å². The molecule has 0 radical (unpaired) electrons. The van der Waals surface area contributed by atoms with E-state index in [-0.39, 0.29) is 12.6 Å². The molecule has 2 aromatic carbocycles. The van der Waals surface area contributed by atoms with Gasteiger partial charge in [0.2, 0.25) is 10.0 Å². The fourth-order valence-corrected chi connectivity index (χ4v) is 2.41. The maximum atomic E-state index is 11.9. The first-order valence-electron chi connectivity index (χ1n) is 7.46. The van der Waals surface area contributed by atoms with Crippen molar-refractivity contribution in [1.29, 1.82) is 0 Å². The summed E-state index contributed by atoms with van der Waals surface area (Å²) in [4.78, 5) is 11.9. The molecule has 0 spiro atoms. The molecule has 0 aliphatic rings. The van der Waals surface area contributed by atoms with Crippen LogP contribution in [0.25, 0.3) is 0 Å². The Balaban J connectivity index is 1.82. The lowest BCUT2D eigenvalue weighted by atomic mass is 10.1. The van der Waals surface area contributed by atoms with Gasteiger partial charge < -0.3 is 10.6 Å². The summed E-state index contributed by atoms with van der Waals surface area (Å²) in [7, 11) is -3.22. The van der Waals surface area contributed by atoms with Crippen LogP contribution in [0, 0.1) is 6.92 Å². The lowest BCUT2D eigenvalue weighted by molar-refractivity contribution is 0.251. The molecule has 0 atom stereocenters. The smallest absolute Gasteiger partial charge is 0.319 e. The van der Waals surface area contributed by atoms with Crippen LogP contribution in [0.15, 0.2) is 48.5 Å². The largest absolute Gasteiger partial charge is 0.334 e. The van der Waals surface area contributed by atoms with E-state index in [1.54, 1.807) is 24.3 Å². The SMILES string of the molecule is Cc1ccc(CNC(=O)Nc2ccc(CNS(C)(=O)=O)cc2)cc1. The second-order valence-corrected chi connectivity index (χ2v) is 7.42. The van der Waals surface area contributed by atoms with Crippen LogP contribution < -0.4 is 15.4 Å². The number of aryl methyl sites for hydroxylation is 1. The topological polar surface area (TPSA) is 87.3 Å². The van der Waals surface area contributed by atoms with Crippen molar-refractivity contribution in [3.63, 3.8) is 0 Å². The molecule has 24 heavy (non-hydrogen) atoms. The van der Waals surface area contributed by atoms with Crippen LogP contribution in [0.5, 0.6) is 0 Å². The highest BCUT2D eigenvalue weighted by molar-refractivity contribution is 7.88. The molecule has 0 bridgehead atoms. The van der Waals surface area contributed by atoms with Crippen molar-refractivity contribution < 1.29 is 13.2 Å². The van der Waals surface area contributed by atoms with Gasteiger partial charge in [-0.05, 0) is 30.2 Å². The van der Waals surface area contributed by atoms with E-state index in [0.717, 1.165) is 17.4 Å². The lowest BCUT2D eigenvalue weighted by Gasteiger charge is -2.09. The highest BCUT2D eigenvalue weighted by Crippen LogP contribution is 2.10. The number of benzene rings is 2. The van der Waals surface area contributed by atoms with E-state index in [1.165, 1.54) is 5.56 Å². The predicted molar refractivity (Wildman–Crippen MR) is 95.2 cm³/mol. The molecule has 0 saturated carbocycles. The fourth-order valence-electron chi connectivity index (χ4n) is 1.98. The van der Waals surface area contributed by atoms with E-state index in [4.69, 9.17) is 0 Å². The number of hydrogen-bond donors (Lipinski definition) is 3. The van der Waals surface area contributed by atoms with Gasteiger partial charge in [0, 0.05) is 18.8 Å². The van der Waals surface area contributed by atoms with Crippen LogP contribution in [-0.2, 0) is 23.1 Å². The predicted octanol–water partition coefficient (Wildman–Crippen LogP) is 2.37. The van der Waals surface area contributed by atoms with E-state index in [1.807, 2.05) is 31.2 Å². The maximum Gasteiger partial charge on any atom is 0.319 e. The number of urea groups is 1. The van der Waals surface area contributed by atoms with Gasteiger partial charge in [0.05, 0.1) is 6.26 Å². The minimum atomic E-state index is -3.22. The summed E-state index contributed by atoms with van der Waals surface area (Å²) in [6.45, 7) is 2.68. The van der Waals surface area contributed by atoms with Crippen LogP contribution in [0.2, 0.25) is 0 Å². The number of sulfonamides is 1. The molecule has 0 aromatic heterocycles. The van der Waals surface area contributed by atoms with E-state index in [0.29, 0.717) is 12.2 Å². The Morgan fingerprint density at radius 1 is 0.917 bits per heavy atom. The fraction of sp³-hybridized carbons (Fsp3) is 0.235. The Morgan fingerprint density at radius 3 is 2.04 bits per heavy atom. The number of anilines is 1. The molecule has 2 amide bonds. The van der Waals surface area contributed by atoms with Crippen molar-refractivity contribution in [1.82, 2.24) is 10.0 Å². The van der Waals surface area contributed by atoms with Crippen molar-refractivity contribution in [3.8, 4) is 0 Å². The van der Waals surface area contributed by atoms with E-state index in [2.05, 4.69) is 15.4 Å². The Morgan fingerprint density at radius 2 is 1.46 bits per heavy atom. The minimum Gasteiger partial charge on any atom is -0.334 e. The van der Waals surface area contributed by atoms with Gasteiger partial charge in [-0.2, -0.15) is 0 Å². The van der Waals surface area contributed by atoms with Crippen LogP contribution >= 0.6 is 0 Å². The molecule has 0 aliphatic heterocycles. The van der Waals surface area contributed by atoms with Gasteiger partial charge in [-0.15, -0.1) is 0 Å². The molecule has 0 heterocycles. The average Bonchev–Trinajstić information content (AvgIpc) is 2.53. The Labute approximate surface area is 142 Å². The molecule has 0 fully saturated rings. The van der Waals surface area contributed by atoms with E-state index in [9.17, 15) is 13.2 Å². The van der Waals surface area contributed by atoms with E-state index >= 15 is 0 Å². The quantitative estimate of drug-likeness (QED) is 0.750. The van der Waals surface area contributed by atoms with Gasteiger partial charge in [-0.1, -0.05) is 42.0 Å². The van der Waals surface area contributed by atoms with Gasteiger partial charge in [-0.3, -0.25) is 0 Å². The lowest BCUT2D eigenvalue weighted by Crippen LogP contribution is -2.28. The summed E-state index contributed by atoms with van der Waals surface area (Å²) in [5.74, 6) is 0. The Bertz CT molecular complexity index is 785. The number of hydrogen-bond acceptors (Lipinski definition) is 3. The van der Waals surface area contributed by atoms with Crippen molar-refractivity contribution in [2.24, 2.45) is 0 Å². The molecule has 0 unspecified atom stereocenters. The van der Waals surface area contributed by atoms with Crippen LogP contribution in [0.1, 0.15) is 16.7 Å². The van der Waals surface area contributed by atoms with E-state index < -0.39 is 10.0 Å². The highest BCUT2D eigenvalue weighted by Gasteiger charge is 2.04. The molecular weight excluding hydrogens is 326 g/mol. The second-order valence-electron chi connectivity index (χ2n) is 5.58. The zero-order valence-corrected chi connectivity index (χ0v) is 14.5. The average molecular weight is 347 g/mol. The normalized spacial score (nSPS) is 11.1. The number of rotatable bonds is 6. The summed E-state index contributed by atoms with van der Waals surface area (Å²) < 4.78 is 24.5. The van der Waals surface area contributed by atoms with Crippen molar-refractivity contribution >= 4 is 21.7 Å². The molecule has 0 aliphatic carbocycles. The standard InChI is InChI=1S/C17H21N3O3S/c1-13-3-5-14(6-4-13)11-18-17(21)20-16-9-7-15(8-10-16)12-19-24(2,22)23/h3-10,19H,11-12H2,1-2H3,(H2,18,20,21). The highest BCUT2D eigenvalue weighted by atomic mass is 32.2. The molecule has 2 aromatic rings. The third-order valence-electron chi connectivity index (χ3n) is 3.32. The van der Waals surface area contributed by atoms with Crippen molar-refractivity contribution in [2.45, 2.75) is 20.0 Å². The Kier molecular flexibility index (Phi) is 5.94. The third-order valence-corrected chi connectivity index (χ3v) is 3.99. The van der Waals surface area contributed by atoms with Crippen LogP contribution in [0.4, 0.5) is 10.5 Å². The van der Waals surface area contributed by atoms with Crippen LogP contribution in [-0.4, -0.2) is 20.7 Å². The molecule has 128 valence electrons. The van der Waals surface area contributed by atoms with Crippen molar-refractivity contribution in [3.05, 3.63) is 65.2 Å². The number of carbonyl (C=O) groups is 1. The van der Waals surface area contributed by atoms with Crippen molar-refractivity contribution in [2.75, 3.05) is 11.6 Å². The summed E-state index contributed by atoms with van der Waals surface area (Å²) in [6, 6.07) is 14.6. The summed E-state index contributed by atoms with van der Waals surface area (Å²) in [5, 5.41) is 5.52. The zero-order chi connectivity index (χ0) is 17.6. The Hall–Kier alpha value is -2.38. The summed E-state index contributed by atoms with van der Waals surface area (Å²) in [5.41, 5.74) is 3.65. The van der Waals surface area contributed by atoms with Crippen LogP contribution in [0.3, 0.4) is 0 Å². The molecule has 0 saturated heterocycles. The first-order valence-corrected chi connectivity index (χ1v) is 9.35. The zero-order valence-electron chi connectivity index (χ0n) is 13.7. The first kappa shape index (κ1) is 18.0. The molecule has 6 nitrogen and oxygen atoms in total. The molecule has 3 N–H and O–H groups in total. The number of amides is 2. The van der Waals surface area contributed by atoms with Gasteiger partial charge >= 0.3 is 6.03 Å². The monoisotopic (exact) mass is 347 g/mol. The summed E-state index contributed by atoms with van der Waals surface area (Å²) >= 11 is 0. The second kappa shape index (κ2) is 7.94. The molecular formula is C17H21N3O3S. The van der Waals surface area contributed by atoms with Gasteiger partial charge in [0.1, 0.15) is 0 Å². The van der Waals surface area contributed by atoms with Gasteiger partial charge in [0.15, 0.2) is 0 Å². The molecule has 7 heteroatoms. The summed E-state index contributed by atoms with van der Waals surface area (Å²) in [6.07, 6.45) is 1.11.